The fraction of sp³-hybridized carbons (Fsp3) is 0. The van der Waals surface area contributed by atoms with E-state index in [9.17, 15) is 4.79 Å². The van der Waals surface area contributed by atoms with Gasteiger partial charge in [0.05, 0.1) is 5.69 Å². The van der Waals surface area contributed by atoms with E-state index in [4.69, 9.17) is 16.6 Å². The molecule has 0 radical (unpaired) electrons. The average molecular weight is 226 g/mol. The number of pyridine rings is 1. The average Bonchev–Trinajstić information content (AvgIpc) is 1.85. The standard InChI is InChI=1S/C6H7N3O2.2ClH/c7-3-1-2-9-5(8)4(3)6(10)11;;/h1-2H,(H,10,11)(H4,7,8,9);2*1H. The number of aromatic nitrogens is 1. The Hall–Kier alpha value is -1.20. The summed E-state index contributed by atoms with van der Waals surface area (Å²) >= 11 is 0. The minimum Gasteiger partial charge on any atom is -0.477 e. The van der Waals surface area contributed by atoms with Gasteiger partial charge in [-0.2, -0.15) is 0 Å². The van der Waals surface area contributed by atoms with E-state index in [1.165, 1.54) is 12.3 Å². The highest BCUT2D eigenvalue weighted by atomic mass is 35.5. The quantitative estimate of drug-likeness (QED) is 0.656. The van der Waals surface area contributed by atoms with Gasteiger partial charge in [-0.3, -0.25) is 0 Å². The van der Waals surface area contributed by atoms with Crippen molar-refractivity contribution in [1.82, 2.24) is 4.98 Å². The van der Waals surface area contributed by atoms with Crippen molar-refractivity contribution in [2.75, 3.05) is 11.5 Å². The highest BCUT2D eigenvalue weighted by Crippen LogP contribution is 2.15. The number of hydrogen-bond acceptors (Lipinski definition) is 4. The molecule has 0 saturated carbocycles. The molecule has 1 aromatic heterocycles. The molecule has 0 saturated heterocycles. The van der Waals surface area contributed by atoms with Crippen LogP contribution >= 0.6 is 24.8 Å². The van der Waals surface area contributed by atoms with Crippen molar-refractivity contribution in [3.05, 3.63) is 17.8 Å². The Labute approximate surface area is 87.0 Å². The number of nitrogen functional groups attached to an aromatic ring is 2. The molecular weight excluding hydrogens is 217 g/mol. The predicted molar refractivity (Wildman–Crippen MR) is 54.5 cm³/mol. The van der Waals surface area contributed by atoms with Crippen LogP contribution in [0.2, 0.25) is 0 Å². The molecule has 0 spiro atoms. The maximum Gasteiger partial charge on any atom is 0.341 e. The minimum atomic E-state index is -1.16. The topological polar surface area (TPSA) is 102 Å². The van der Waals surface area contributed by atoms with Crippen molar-refractivity contribution in [3.63, 3.8) is 0 Å². The van der Waals surface area contributed by atoms with E-state index >= 15 is 0 Å². The minimum absolute atomic E-state index is 0. The van der Waals surface area contributed by atoms with Crippen LogP contribution < -0.4 is 11.5 Å². The SMILES string of the molecule is Cl.Cl.Nc1ccnc(N)c1C(=O)O. The summed E-state index contributed by atoms with van der Waals surface area (Å²) in [6, 6.07) is 1.39. The number of hydrogen-bond donors (Lipinski definition) is 3. The van der Waals surface area contributed by atoms with Crippen LogP contribution in [0.15, 0.2) is 12.3 Å². The molecule has 0 aliphatic rings. The summed E-state index contributed by atoms with van der Waals surface area (Å²) in [4.78, 5) is 14.0. The number of carbonyl (C=O) groups is 1. The molecule has 1 aromatic rings. The van der Waals surface area contributed by atoms with E-state index in [1.54, 1.807) is 0 Å². The van der Waals surface area contributed by atoms with Gasteiger partial charge in [0, 0.05) is 6.20 Å². The normalized spacial score (nSPS) is 8.00. The fourth-order valence-corrected chi connectivity index (χ4v) is 0.727. The molecule has 1 heterocycles. The Morgan fingerprint density at radius 2 is 1.92 bits per heavy atom. The zero-order valence-electron chi connectivity index (χ0n) is 6.43. The lowest BCUT2D eigenvalue weighted by atomic mass is 10.2. The Bertz CT molecular complexity index is 286. The van der Waals surface area contributed by atoms with Crippen molar-refractivity contribution < 1.29 is 9.90 Å². The first-order chi connectivity index (χ1) is 5.13. The van der Waals surface area contributed by atoms with Gasteiger partial charge in [0.15, 0.2) is 0 Å². The van der Waals surface area contributed by atoms with Crippen LogP contribution in [0.3, 0.4) is 0 Å². The summed E-state index contributed by atoms with van der Waals surface area (Å²) in [5.74, 6) is -1.22. The third-order valence-electron chi connectivity index (χ3n) is 1.23. The van der Waals surface area contributed by atoms with Gasteiger partial charge in [-0.1, -0.05) is 0 Å². The van der Waals surface area contributed by atoms with E-state index in [0.717, 1.165) is 0 Å². The molecule has 5 nitrogen and oxygen atoms in total. The third kappa shape index (κ3) is 2.96. The molecule has 0 unspecified atom stereocenters. The second kappa shape index (κ2) is 5.45. The third-order valence-corrected chi connectivity index (χ3v) is 1.23. The molecular formula is C6H9Cl2N3O2. The number of nitrogens with two attached hydrogens (primary N) is 2. The van der Waals surface area contributed by atoms with Gasteiger partial charge in [-0.25, -0.2) is 9.78 Å². The van der Waals surface area contributed by atoms with Gasteiger partial charge >= 0.3 is 5.97 Å². The van der Waals surface area contributed by atoms with Crippen LogP contribution in [0.25, 0.3) is 0 Å². The first-order valence-corrected chi connectivity index (χ1v) is 2.86. The lowest BCUT2D eigenvalue weighted by Gasteiger charge is -2.01. The van der Waals surface area contributed by atoms with E-state index in [2.05, 4.69) is 4.98 Å². The first-order valence-electron chi connectivity index (χ1n) is 2.86. The van der Waals surface area contributed by atoms with Crippen molar-refractivity contribution >= 4 is 42.3 Å². The molecule has 0 aliphatic carbocycles. The highest BCUT2D eigenvalue weighted by molar-refractivity contribution is 5.98. The predicted octanol–water partition coefficient (Wildman–Crippen LogP) is 0.788. The Morgan fingerprint density at radius 3 is 2.23 bits per heavy atom. The molecule has 0 amide bonds. The summed E-state index contributed by atoms with van der Waals surface area (Å²) < 4.78 is 0. The summed E-state index contributed by atoms with van der Waals surface area (Å²) in [6.45, 7) is 0. The van der Waals surface area contributed by atoms with E-state index < -0.39 is 5.97 Å². The molecule has 0 fully saturated rings. The lowest BCUT2D eigenvalue weighted by molar-refractivity contribution is 0.0699. The summed E-state index contributed by atoms with van der Waals surface area (Å²) in [5, 5.41) is 8.55. The Balaban J connectivity index is 0. The molecule has 7 heteroatoms. The van der Waals surface area contributed by atoms with Gasteiger partial charge in [0.1, 0.15) is 11.4 Å². The second-order valence-corrected chi connectivity index (χ2v) is 1.97. The number of rotatable bonds is 1. The van der Waals surface area contributed by atoms with Crippen LogP contribution in [0.4, 0.5) is 11.5 Å². The number of nitrogens with zero attached hydrogens (tertiary/aromatic N) is 1. The number of halogens is 2. The number of anilines is 2. The molecule has 1 rings (SSSR count). The molecule has 13 heavy (non-hydrogen) atoms. The van der Waals surface area contributed by atoms with Crippen molar-refractivity contribution in [2.45, 2.75) is 0 Å². The van der Waals surface area contributed by atoms with E-state index in [1.807, 2.05) is 0 Å². The lowest BCUT2D eigenvalue weighted by Crippen LogP contribution is -2.07. The van der Waals surface area contributed by atoms with Crippen LogP contribution in [0, 0.1) is 0 Å². The fourth-order valence-electron chi connectivity index (χ4n) is 0.727. The van der Waals surface area contributed by atoms with Gasteiger partial charge in [0.2, 0.25) is 0 Å². The molecule has 0 atom stereocenters. The zero-order valence-corrected chi connectivity index (χ0v) is 8.06. The van der Waals surface area contributed by atoms with Crippen molar-refractivity contribution in [1.29, 1.82) is 0 Å². The largest absolute Gasteiger partial charge is 0.477 e. The number of carboxylic acids is 1. The van der Waals surface area contributed by atoms with Gasteiger partial charge in [-0.05, 0) is 6.07 Å². The summed E-state index contributed by atoms with van der Waals surface area (Å²) in [7, 11) is 0. The molecule has 0 aromatic carbocycles. The Morgan fingerprint density at radius 1 is 1.38 bits per heavy atom. The van der Waals surface area contributed by atoms with Crippen LogP contribution in [-0.4, -0.2) is 16.1 Å². The van der Waals surface area contributed by atoms with Crippen LogP contribution in [0.1, 0.15) is 10.4 Å². The van der Waals surface area contributed by atoms with Gasteiger partial charge in [-0.15, -0.1) is 24.8 Å². The Kier molecular flexibility index (Phi) is 6.00. The first kappa shape index (κ1) is 14.3. The summed E-state index contributed by atoms with van der Waals surface area (Å²) in [5.41, 5.74) is 10.6. The summed E-state index contributed by atoms with van der Waals surface area (Å²) in [6.07, 6.45) is 1.36. The molecule has 0 bridgehead atoms. The smallest absolute Gasteiger partial charge is 0.341 e. The van der Waals surface area contributed by atoms with Crippen LogP contribution in [0.5, 0.6) is 0 Å². The molecule has 0 aliphatic heterocycles. The maximum atomic E-state index is 10.4. The second-order valence-electron chi connectivity index (χ2n) is 1.97. The monoisotopic (exact) mass is 225 g/mol. The number of carboxylic acid groups (broad SMARTS) is 1. The van der Waals surface area contributed by atoms with Crippen LogP contribution in [-0.2, 0) is 0 Å². The highest BCUT2D eigenvalue weighted by Gasteiger charge is 2.11. The molecule has 74 valence electrons. The van der Waals surface area contributed by atoms with Crippen molar-refractivity contribution in [3.8, 4) is 0 Å². The zero-order chi connectivity index (χ0) is 8.43. The number of aromatic carboxylic acids is 1. The molecule has 5 N–H and O–H groups in total. The van der Waals surface area contributed by atoms with Gasteiger partial charge in [0.25, 0.3) is 0 Å². The van der Waals surface area contributed by atoms with Gasteiger partial charge < -0.3 is 16.6 Å². The van der Waals surface area contributed by atoms with Crippen molar-refractivity contribution in [2.24, 2.45) is 0 Å². The van der Waals surface area contributed by atoms with E-state index in [0.29, 0.717) is 0 Å². The maximum absolute atomic E-state index is 10.4. The van der Waals surface area contributed by atoms with E-state index in [-0.39, 0.29) is 41.9 Å².